The summed E-state index contributed by atoms with van der Waals surface area (Å²) in [6.45, 7) is 8.50. The van der Waals surface area contributed by atoms with Crippen molar-refractivity contribution in [1.29, 1.82) is 0 Å². The Bertz CT molecular complexity index is 667. The van der Waals surface area contributed by atoms with Crippen LogP contribution in [0.15, 0.2) is 6.07 Å². The fourth-order valence-electron chi connectivity index (χ4n) is 2.68. The van der Waals surface area contributed by atoms with Gasteiger partial charge in [0.2, 0.25) is 5.91 Å². The molecule has 0 radical (unpaired) electrons. The number of nitrogens with one attached hydrogen (secondary N) is 1. The first-order valence-corrected chi connectivity index (χ1v) is 9.24. The Balaban J connectivity index is 2.03. The summed E-state index contributed by atoms with van der Waals surface area (Å²) in [6.07, 6.45) is 1.24. The van der Waals surface area contributed by atoms with E-state index in [2.05, 4.69) is 5.32 Å². The average Bonchev–Trinajstić information content (AvgIpc) is 2.93. The van der Waals surface area contributed by atoms with Crippen molar-refractivity contribution in [2.45, 2.75) is 40.5 Å². The topological polar surface area (TPSA) is 75.7 Å². The lowest BCUT2D eigenvalue weighted by Gasteiger charge is -2.30. The van der Waals surface area contributed by atoms with Gasteiger partial charge < -0.3 is 15.0 Å². The van der Waals surface area contributed by atoms with E-state index in [-0.39, 0.29) is 23.7 Å². The molecule has 0 aromatic carbocycles. The van der Waals surface area contributed by atoms with E-state index in [0.717, 1.165) is 5.56 Å². The number of thiophene rings is 1. The van der Waals surface area contributed by atoms with E-state index >= 15 is 0 Å². The van der Waals surface area contributed by atoms with Crippen molar-refractivity contribution in [3.8, 4) is 0 Å². The predicted molar refractivity (Wildman–Crippen MR) is 97.8 cm³/mol. The van der Waals surface area contributed by atoms with Crippen LogP contribution >= 0.6 is 11.3 Å². The van der Waals surface area contributed by atoms with E-state index in [4.69, 9.17) is 4.74 Å². The van der Waals surface area contributed by atoms with Crippen molar-refractivity contribution in [3.63, 3.8) is 0 Å². The third-order valence-electron chi connectivity index (χ3n) is 4.35. The number of carbonyl (C=O) groups is 3. The Morgan fingerprint density at radius 3 is 2.36 bits per heavy atom. The highest BCUT2D eigenvalue weighted by molar-refractivity contribution is 7.18. The van der Waals surface area contributed by atoms with Gasteiger partial charge in [-0.25, -0.2) is 0 Å². The number of ether oxygens (including phenoxy) is 1. The number of esters is 1. The van der Waals surface area contributed by atoms with Gasteiger partial charge in [0.1, 0.15) is 0 Å². The maximum Gasteiger partial charge on any atom is 0.308 e. The monoisotopic (exact) mass is 366 g/mol. The van der Waals surface area contributed by atoms with Crippen molar-refractivity contribution >= 4 is 34.1 Å². The molecule has 7 heteroatoms. The first kappa shape index (κ1) is 19.4. The standard InChI is InChI=1S/C18H26N2O4S/c1-11-10-13(19-17(23)18(2,3)4)25-14(11)15(21)20-8-6-12(7-9-20)16(22)24-5/h10,12H,6-9H2,1-5H3,(H,19,23). The van der Waals surface area contributed by atoms with Gasteiger partial charge in [-0.3, -0.25) is 14.4 Å². The molecule has 0 unspecified atom stereocenters. The molecule has 25 heavy (non-hydrogen) atoms. The highest BCUT2D eigenvalue weighted by Crippen LogP contribution is 2.30. The van der Waals surface area contributed by atoms with Gasteiger partial charge in [0.05, 0.1) is 22.9 Å². The van der Waals surface area contributed by atoms with E-state index in [9.17, 15) is 14.4 Å². The maximum absolute atomic E-state index is 12.8. The zero-order valence-electron chi connectivity index (χ0n) is 15.5. The molecule has 1 saturated heterocycles. The molecule has 0 spiro atoms. The number of likely N-dealkylation sites (tertiary alicyclic amines) is 1. The number of aryl methyl sites for hydroxylation is 1. The van der Waals surface area contributed by atoms with Crippen molar-refractivity contribution in [1.82, 2.24) is 4.90 Å². The first-order chi connectivity index (χ1) is 11.6. The van der Waals surface area contributed by atoms with Crippen LogP contribution in [0.25, 0.3) is 0 Å². The zero-order valence-corrected chi connectivity index (χ0v) is 16.3. The summed E-state index contributed by atoms with van der Waals surface area (Å²) in [7, 11) is 1.39. The molecule has 1 N–H and O–H groups in total. The fourth-order valence-corrected chi connectivity index (χ4v) is 3.72. The molecule has 0 aliphatic carbocycles. The van der Waals surface area contributed by atoms with Gasteiger partial charge in [-0.2, -0.15) is 0 Å². The second-order valence-electron chi connectivity index (χ2n) is 7.42. The van der Waals surface area contributed by atoms with Gasteiger partial charge in [0.25, 0.3) is 5.91 Å². The van der Waals surface area contributed by atoms with Crippen LogP contribution in [0.2, 0.25) is 0 Å². The second-order valence-corrected chi connectivity index (χ2v) is 8.47. The molecule has 0 saturated carbocycles. The minimum atomic E-state index is -0.488. The molecular weight excluding hydrogens is 340 g/mol. The van der Waals surface area contributed by atoms with Crippen LogP contribution in [-0.4, -0.2) is 42.9 Å². The third kappa shape index (κ3) is 4.60. The van der Waals surface area contributed by atoms with Crippen molar-refractivity contribution in [2.75, 3.05) is 25.5 Å². The average molecular weight is 366 g/mol. The molecule has 1 aliphatic heterocycles. The summed E-state index contributed by atoms with van der Waals surface area (Å²) in [5, 5.41) is 3.56. The smallest absolute Gasteiger partial charge is 0.308 e. The summed E-state index contributed by atoms with van der Waals surface area (Å²) < 4.78 is 4.78. The Morgan fingerprint density at radius 2 is 1.84 bits per heavy atom. The Labute approximate surface area is 152 Å². The predicted octanol–water partition coefficient (Wildman–Crippen LogP) is 3.07. The lowest BCUT2D eigenvalue weighted by atomic mass is 9.96. The molecule has 2 rings (SSSR count). The Hall–Kier alpha value is -1.89. The van der Waals surface area contributed by atoms with Crippen LogP contribution in [0.3, 0.4) is 0 Å². The minimum absolute atomic E-state index is 0.0397. The molecule has 2 amide bonds. The summed E-state index contributed by atoms with van der Waals surface area (Å²) >= 11 is 1.30. The summed E-state index contributed by atoms with van der Waals surface area (Å²) in [6, 6.07) is 1.84. The molecule has 1 aromatic rings. The summed E-state index contributed by atoms with van der Waals surface area (Å²) in [5.74, 6) is -0.444. The Morgan fingerprint density at radius 1 is 1.24 bits per heavy atom. The normalized spacial score (nSPS) is 15.8. The second kappa shape index (κ2) is 7.56. The molecule has 1 aromatic heterocycles. The number of nitrogens with zero attached hydrogens (tertiary/aromatic N) is 1. The van der Waals surface area contributed by atoms with Gasteiger partial charge in [-0.1, -0.05) is 20.8 Å². The van der Waals surface area contributed by atoms with Crippen molar-refractivity contribution in [3.05, 3.63) is 16.5 Å². The highest BCUT2D eigenvalue weighted by atomic mass is 32.1. The molecule has 0 bridgehead atoms. The molecular formula is C18H26N2O4S. The van der Waals surface area contributed by atoms with Gasteiger partial charge >= 0.3 is 5.97 Å². The van der Waals surface area contributed by atoms with Gasteiger partial charge in [0.15, 0.2) is 0 Å². The van der Waals surface area contributed by atoms with Crippen LogP contribution < -0.4 is 5.32 Å². The zero-order chi connectivity index (χ0) is 18.8. The lowest BCUT2D eigenvalue weighted by molar-refractivity contribution is -0.146. The fraction of sp³-hybridized carbons (Fsp3) is 0.611. The SMILES string of the molecule is COC(=O)C1CCN(C(=O)c2sc(NC(=O)C(C)(C)C)cc2C)CC1. The van der Waals surface area contributed by atoms with Crippen LogP contribution in [0, 0.1) is 18.3 Å². The minimum Gasteiger partial charge on any atom is -0.469 e. The molecule has 138 valence electrons. The number of hydrogen-bond acceptors (Lipinski definition) is 5. The van der Waals surface area contributed by atoms with Crippen LogP contribution in [0.5, 0.6) is 0 Å². The number of anilines is 1. The lowest BCUT2D eigenvalue weighted by Crippen LogP contribution is -2.40. The summed E-state index contributed by atoms with van der Waals surface area (Å²) in [4.78, 5) is 38.9. The number of hydrogen-bond donors (Lipinski definition) is 1. The molecule has 2 heterocycles. The molecule has 6 nitrogen and oxygen atoms in total. The molecule has 1 aliphatic rings. The van der Waals surface area contributed by atoms with E-state index in [1.807, 2.05) is 33.8 Å². The van der Waals surface area contributed by atoms with Crippen molar-refractivity contribution < 1.29 is 19.1 Å². The van der Waals surface area contributed by atoms with Gasteiger partial charge in [-0.05, 0) is 31.4 Å². The first-order valence-electron chi connectivity index (χ1n) is 8.42. The van der Waals surface area contributed by atoms with E-state index < -0.39 is 5.41 Å². The largest absolute Gasteiger partial charge is 0.469 e. The summed E-state index contributed by atoms with van der Waals surface area (Å²) in [5.41, 5.74) is 0.368. The van der Waals surface area contributed by atoms with E-state index in [1.165, 1.54) is 18.4 Å². The quantitative estimate of drug-likeness (QED) is 0.834. The highest BCUT2D eigenvalue weighted by Gasteiger charge is 2.30. The number of rotatable bonds is 3. The Kier molecular flexibility index (Phi) is 5.87. The van der Waals surface area contributed by atoms with Gasteiger partial charge in [0, 0.05) is 18.5 Å². The van der Waals surface area contributed by atoms with Crippen molar-refractivity contribution in [2.24, 2.45) is 11.3 Å². The molecule has 1 fully saturated rings. The van der Waals surface area contributed by atoms with Crippen LogP contribution in [0.4, 0.5) is 5.00 Å². The van der Waals surface area contributed by atoms with Gasteiger partial charge in [-0.15, -0.1) is 11.3 Å². The number of piperidine rings is 1. The van der Waals surface area contributed by atoms with Crippen LogP contribution in [0.1, 0.15) is 48.8 Å². The molecule has 0 atom stereocenters. The maximum atomic E-state index is 12.8. The number of carbonyl (C=O) groups excluding carboxylic acids is 3. The van der Waals surface area contributed by atoms with E-state index in [0.29, 0.717) is 35.8 Å². The number of amides is 2. The van der Waals surface area contributed by atoms with Crippen LogP contribution in [-0.2, 0) is 14.3 Å². The third-order valence-corrected chi connectivity index (χ3v) is 5.49. The van der Waals surface area contributed by atoms with E-state index in [1.54, 1.807) is 4.90 Å². The number of methoxy groups -OCH3 is 1.